The van der Waals surface area contributed by atoms with E-state index in [9.17, 15) is 19.2 Å². The lowest BCUT2D eigenvalue weighted by Crippen LogP contribution is -2.40. The van der Waals surface area contributed by atoms with E-state index in [1.54, 1.807) is 6.92 Å². The van der Waals surface area contributed by atoms with Crippen molar-refractivity contribution in [1.82, 2.24) is 0 Å². The van der Waals surface area contributed by atoms with Crippen LogP contribution in [0, 0.1) is 46.3 Å². The molecule has 0 aromatic carbocycles. The van der Waals surface area contributed by atoms with Gasteiger partial charge in [-0.3, -0.25) is 9.59 Å². The van der Waals surface area contributed by atoms with Crippen LogP contribution in [0.1, 0.15) is 163 Å². The fraction of sp³-hybridized carbons (Fsp3) is 0.822. The molecule has 0 amide bonds. The van der Waals surface area contributed by atoms with Crippen LogP contribution in [0.25, 0.3) is 0 Å². The molecular formula is C45H70O8. The number of ether oxygens (including phenoxy) is 4. The summed E-state index contributed by atoms with van der Waals surface area (Å²) in [4.78, 5) is 50.0. The number of carbonyl (C=O) groups is 4. The van der Waals surface area contributed by atoms with Crippen molar-refractivity contribution < 1.29 is 38.1 Å². The summed E-state index contributed by atoms with van der Waals surface area (Å²) in [5.41, 5.74) is 0.868. The fourth-order valence-corrected chi connectivity index (χ4v) is 10.9. The van der Waals surface area contributed by atoms with Crippen molar-refractivity contribution in [3.05, 3.63) is 24.8 Å². The Balaban J connectivity index is 0.960. The first kappa shape index (κ1) is 41.5. The average Bonchev–Trinajstić information content (AvgIpc) is 3.15. The molecule has 0 spiro atoms. The molecule has 0 bridgehead atoms. The van der Waals surface area contributed by atoms with E-state index in [1.807, 2.05) is 0 Å². The van der Waals surface area contributed by atoms with Gasteiger partial charge in [0.25, 0.3) is 0 Å². The van der Waals surface area contributed by atoms with E-state index in [4.69, 9.17) is 18.9 Å². The molecule has 8 heteroatoms. The molecule has 0 aliphatic heterocycles. The topological polar surface area (TPSA) is 105 Å². The molecule has 0 heterocycles. The van der Waals surface area contributed by atoms with Crippen molar-refractivity contribution in [1.29, 1.82) is 0 Å². The third-order valence-corrected chi connectivity index (χ3v) is 14.9. The van der Waals surface area contributed by atoms with Gasteiger partial charge in [0.2, 0.25) is 0 Å². The first-order chi connectivity index (χ1) is 25.2. The molecule has 0 unspecified atom stereocenters. The van der Waals surface area contributed by atoms with E-state index >= 15 is 0 Å². The standard InChI is InChI=1S/C45H70O8/c1-8-40(46)50-36-21-13-32(14-22-36)44(4,5)34-17-25-38(26-18-34)52-42(48)30-9-11-31(12-10-30)43(49)53-39-27-19-35(20-28-39)45(6,7)33-15-23-37(24-16-33)51-41(47)29(2)3/h8,30-39H,1-2,9-28H2,3-7H3. The van der Waals surface area contributed by atoms with Crippen molar-refractivity contribution in [2.24, 2.45) is 46.3 Å². The second kappa shape index (κ2) is 18.3. The van der Waals surface area contributed by atoms with Gasteiger partial charge in [0.1, 0.15) is 24.4 Å². The number of esters is 4. The van der Waals surface area contributed by atoms with Gasteiger partial charge in [0.15, 0.2) is 0 Å². The van der Waals surface area contributed by atoms with Crippen LogP contribution in [-0.2, 0) is 38.1 Å². The highest BCUT2D eigenvalue weighted by atomic mass is 16.6. The fourth-order valence-electron chi connectivity index (χ4n) is 10.9. The lowest BCUT2D eigenvalue weighted by molar-refractivity contribution is -0.163. The summed E-state index contributed by atoms with van der Waals surface area (Å²) in [5, 5.41) is 0. The highest BCUT2D eigenvalue weighted by molar-refractivity contribution is 5.87. The summed E-state index contributed by atoms with van der Waals surface area (Å²) in [6.07, 6.45) is 20.0. The molecule has 0 radical (unpaired) electrons. The van der Waals surface area contributed by atoms with Crippen LogP contribution in [-0.4, -0.2) is 48.3 Å². The van der Waals surface area contributed by atoms with Crippen LogP contribution in [0.2, 0.25) is 0 Å². The van der Waals surface area contributed by atoms with Crippen LogP contribution in [0.5, 0.6) is 0 Å². The molecule has 0 atom stereocenters. The maximum absolute atomic E-state index is 13.2. The maximum Gasteiger partial charge on any atom is 0.333 e. The molecule has 8 nitrogen and oxygen atoms in total. The van der Waals surface area contributed by atoms with E-state index in [0.717, 1.165) is 103 Å². The van der Waals surface area contributed by atoms with Crippen molar-refractivity contribution in [2.45, 2.75) is 187 Å². The van der Waals surface area contributed by atoms with Gasteiger partial charge in [-0.25, -0.2) is 9.59 Å². The Kier molecular flexibility index (Phi) is 14.4. The Labute approximate surface area is 319 Å². The Morgan fingerprint density at radius 2 is 0.755 bits per heavy atom. The van der Waals surface area contributed by atoms with Crippen LogP contribution in [0.15, 0.2) is 24.8 Å². The monoisotopic (exact) mass is 739 g/mol. The SMILES string of the molecule is C=CC(=O)OC1CCC(C(C)(C)C2CCC(OC(=O)C3CCC(C(=O)OC4CCC(C(C)(C)C5CCC(OC(=O)C(=C)C)CC5)CC4)CC3)CC2)CC1. The first-order valence-electron chi connectivity index (χ1n) is 21.3. The smallest absolute Gasteiger partial charge is 0.333 e. The molecule has 0 aromatic heterocycles. The molecule has 298 valence electrons. The van der Waals surface area contributed by atoms with Gasteiger partial charge in [-0.05, 0) is 170 Å². The number of hydrogen-bond donors (Lipinski definition) is 0. The van der Waals surface area contributed by atoms with Gasteiger partial charge < -0.3 is 18.9 Å². The van der Waals surface area contributed by atoms with Crippen molar-refractivity contribution in [2.75, 3.05) is 0 Å². The number of carbonyl (C=O) groups excluding carboxylic acids is 4. The lowest BCUT2D eigenvalue weighted by Gasteiger charge is -2.46. The average molecular weight is 739 g/mol. The first-order valence-corrected chi connectivity index (χ1v) is 21.3. The molecule has 0 aromatic rings. The third-order valence-electron chi connectivity index (χ3n) is 14.9. The molecule has 0 saturated heterocycles. The minimum atomic E-state index is -0.322. The van der Waals surface area contributed by atoms with E-state index in [2.05, 4.69) is 40.9 Å². The van der Waals surface area contributed by atoms with Gasteiger partial charge >= 0.3 is 23.9 Å². The summed E-state index contributed by atoms with van der Waals surface area (Å²) in [5.74, 6) is 1.43. The molecule has 5 fully saturated rings. The van der Waals surface area contributed by atoms with Gasteiger partial charge in [0.05, 0.1) is 11.8 Å². The van der Waals surface area contributed by atoms with Crippen LogP contribution in [0.3, 0.4) is 0 Å². The van der Waals surface area contributed by atoms with Gasteiger partial charge in [-0.15, -0.1) is 0 Å². The second-order valence-corrected chi connectivity index (χ2v) is 18.8. The quantitative estimate of drug-likeness (QED) is 0.111. The van der Waals surface area contributed by atoms with E-state index in [-0.39, 0.29) is 71.0 Å². The molecule has 5 rings (SSSR count). The summed E-state index contributed by atoms with van der Waals surface area (Å²) >= 11 is 0. The predicted molar refractivity (Wildman–Crippen MR) is 205 cm³/mol. The Morgan fingerprint density at radius 3 is 1.04 bits per heavy atom. The van der Waals surface area contributed by atoms with Crippen molar-refractivity contribution in [3.63, 3.8) is 0 Å². The lowest BCUT2D eigenvalue weighted by atomic mass is 9.60. The largest absolute Gasteiger partial charge is 0.462 e. The van der Waals surface area contributed by atoms with Crippen LogP contribution >= 0.6 is 0 Å². The van der Waals surface area contributed by atoms with Crippen LogP contribution < -0.4 is 0 Å². The number of hydrogen-bond acceptors (Lipinski definition) is 8. The molecule has 5 aliphatic rings. The normalized spacial score (nSPS) is 34.2. The van der Waals surface area contributed by atoms with Crippen molar-refractivity contribution >= 4 is 23.9 Å². The predicted octanol–water partition coefficient (Wildman–Crippen LogP) is 10.0. The highest BCUT2D eigenvalue weighted by Gasteiger charge is 2.44. The van der Waals surface area contributed by atoms with Gasteiger partial charge in [-0.1, -0.05) is 40.9 Å². The van der Waals surface area contributed by atoms with Crippen LogP contribution in [0.4, 0.5) is 0 Å². The van der Waals surface area contributed by atoms with Gasteiger partial charge in [-0.2, -0.15) is 0 Å². The summed E-state index contributed by atoms with van der Waals surface area (Å²) in [6.45, 7) is 18.5. The summed E-state index contributed by atoms with van der Waals surface area (Å²) < 4.78 is 23.3. The second-order valence-electron chi connectivity index (χ2n) is 18.8. The zero-order chi connectivity index (χ0) is 38.3. The Morgan fingerprint density at radius 1 is 0.472 bits per heavy atom. The van der Waals surface area contributed by atoms with Crippen molar-refractivity contribution in [3.8, 4) is 0 Å². The number of rotatable bonds is 12. The zero-order valence-corrected chi connectivity index (χ0v) is 33.7. The Bertz CT molecular complexity index is 1280. The molecule has 5 aliphatic carbocycles. The zero-order valence-electron chi connectivity index (χ0n) is 33.7. The van der Waals surface area contributed by atoms with E-state index < -0.39 is 0 Å². The van der Waals surface area contributed by atoms with Gasteiger partial charge in [0, 0.05) is 11.6 Å². The van der Waals surface area contributed by atoms with E-state index in [0.29, 0.717) is 54.9 Å². The summed E-state index contributed by atoms with van der Waals surface area (Å²) in [6, 6.07) is 0. The minimum absolute atomic E-state index is 0.00636. The maximum atomic E-state index is 13.2. The third kappa shape index (κ3) is 10.8. The molecule has 0 N–H and O–H groups in total. The summed E-state index contributed by atoms with van der Waals surface area (Å²) in [7, 11) is 0. The Hall–Kier alpha value is -2.64. The molecule has 53 heavy (non-hydrogen) atoms. The highest BCUT2D eigenvalue weighted by Crippen LogP contribution is 2.50. The minimum Gasteiger partial charge on any atom is -0.462 e. The molecular weight excluding hydrogens is 668 g/mol. The molecule has 5 saturated carbocycles. The van der Waals surface area contributed by atoms with E-state index in [1.165, 1.54) is 6.08 Å².